The van der Waals surface area contributed by atoms with Gasteiger partial charge in [-0.25, -0.2) is 0 Å². The number of nitrogens with two attached hydrogens (primary N) is 1. The van der Waals surface area contributed by atoms with E-state index < -0.39 is 0 Å². The summed E-state index contributed by atoms with van der Waals surface area (Å²) in [5.74, 6) is 0. The van der Waals surface area contributed by atoms with Crippen LogP contribution in [0, 0.1) is 6.08 Å². The van der Waals surface area contributed by atoms with Gasteiger partial charge in [-0.1, -0.05) is 18.2 Å². The lowest BCUT2D eigenvalue weighted by molar-refractivity contribution is 1.23. The van der Waals surface area contributed by atoms with E-state index >= 15 is 0 Å². The van der Waals surface area contributed by atoms with E-state index in [1.54, 1.807) is 6.20 Å². The van der Waals surface area contributed by atoms with Gasteiger partial charge < -0.3 is 5.73 Å². The highest BCUT2D eigenvalue weighted by Crippen LogP contribution is 2.06. The van der Waals surface area contributed by atoms with Gasteiger partial charge in [-0.2, -0.15) is 0 Å². The second-order valence-electron chi connectivity index (χ2n) is 1.65. The summed E-state index contributed by atoms with van der Waals surface area (Å²) < 4.78 is 0. The molecule has 1 aliphatic rings. The van der Waals surface area contributed by atoms with Gasteiger partial charge in [0.15, 0.2) is 0 Å². The zero-order valence-corrected chi connectivity index (χ0v) is 4.59. The van der Waals surface area contributed by atoms with E-state index in [2.05, 4.69) is 6.08 Å². The third-order valence-electron chi connectivity index (χ3n) is 1.06. The summed E-state index contributed by atoms with van der Waals surface area (Å²) in [4.78, 5) is 0. The first-order chi connectivity index (χ1) is 3.93. The Balaban J connectivity index is 2.66. The zero-order valence-electron chi connectivity index (χ0n) is 4.59. The van der Waals surface area contributed by atoms with Crippen molar-refractivity contribution in [2.45, 2.75) is 6.42 Å². The molecular weight excluding hydrogens is 98.1 g/mol. The van der Waals surface area contributed by atoms with Gasteiger partial charge in [0.2, 0.25) is 0 Å². The van der Waals surface area contributed by atoms with E-state index in [1.807, 2.05) is 18.2 Å². The van der Waals surface area contributed by atoms with Gasteiger partial charge in [0, 0.05) is 0 Å². The number of hydrogen-bond donors (Lipinski definition) is 1. The second kappa shape index (κ2) is 2.36. The van der Waals surface area contributed by atoms with E-state index in [4.69, 9.17) is 5.73 Å². The summed E-state index contributed by atoms with van der Waals surface area (Å²) >= 11 is 0. The summed E-state index contributed by atoms with van der Waals surface area (Å²) in [6, 6.07) is 0. The monoisotopic (exact) mass is 106 g/mol. The molecule has 1 heteroatoms. The Morgan fingerprint density at radius 2 is 2.62 bits per heavy atom. The number of hydrogen-bond acceptors (Lipinski definition) is 1. The van der Waals surface area contributed by atoms with Crippen LogP contribution in [0.15, 0.2) is 30.0 Å². The van der Waals surface area contributed by atoms with Crippen LogP contribution < -0.4 is 5.73 Å². The molecule has 0 amide bonds. The van der Waals surface area contributed by atoms with Crippen LogP contribution in [-0.4, -0.2) is 0 Å². The molecule has 0 atom stereocenters. The maximum atomic E-state index is 5.24. The average molecular weight is 106 g/mol. The van der Waals surface area contributed by atoms with Crippen molar-refractivity contribution in [3.8, 4) is 0 Å². The molecule has 0 aromatic heterocycles. The highest BCUT2D eigenvalue weighted by atomic mass is 14.5. The molecule has 1 aliphatic carbocycles. The first-order valence-electron chi connectivity index (χ1n) is 2.58. The average Bonchev–Trinajstić information content (AvgIpc) is 1.90. The standard InChI is InChI=1S/C7H8N/c8-6-7-4-2-1-3-5-7/h2-4,6H,5,8H2. The SMILES string of the molecule is NC=C1C=C[C]=CC1. The molecule has 1 rings (SSSR count). The molecule has 0 spiro atoms. The third-order valence-corrected chi connectivity index (χ3v) is 1.06. The van der Waals surface area contributed by atoms with Crippen LogP contribution >= 0.6 is 0 Å². The van der Waals surface area contributed by atoms with E-state index in [1.165, 1.54) is 0 Å². The molecule has 1 radical (unpaired) electrons. The minimum Gasteiger partial charge on any atom is -0.404 e. The van der Waals surface area contributed by atoms with Crippen LogP contribution in [0.25, 0.3) is 0 Å². The van der Waals surface area contributed by atoms with Crippen LogP contribution in [0.3, 0.4) is 0 Å². The normalized spacial score (nSPS) is 22.2. The fourth-order valence-electron chi connectivity index (χ4n) is 0.592. The smallest absolute Gasteiger partial charge is 0.00265 e. The van der Waals surface area contributed by atoms with Crippen LogP contribution in [0.5, 0.6) is 0 Å². The quantitative estimate of drug-likeness (QED) is 0.492. The lowest BCUT2D eigenvalue weighted by atomic mass is 10.1. The van der Waals surface area contributed by atoms with E-state index in [-0.39, 0.29) is 0 Å². The summed E-state index contributed by atoms with van der Waals surface area (Å²) in [6.07, 6.45) is 11.3. The second-order valence-corrected chi connectivity index (χ2v) is 1.65. The van der Waals surface area contributed by atoms with Gasteiger partial charge in [-0.15, -0.1) is 0 Å². The van der Waals surface area contributed by atoms with Crippen LogP contribution in [-0.2, 0) is 0 Å². The van der Waals surface area contributed by atoms with Crippen LogP contribution in [0.1, 0.15) is 6.42 Å². The van der Waals surface area contributed by atoms with Crippen LogP contribution in [0.4, 0.5) is 0 Å². The lowest BCUT2D eigenvalue weighted by Gasteiger charge is -1.96. The minimum absolute atomic E-state index is 0.924. The highest BCUT2D eigenvalue weighted by Gasteiger charge is 1.88. The molecule has 0 saturated heterocycles. The Bertz CT molecular complexity index is 152. The van der Waals surface area contributed by atoms with E-state index in [0.717, 1.165) is 12.0 Å². The molecular formula is C7H8N. The summed E-state index contributed by atoms with van der Waals surface area (Å²) in [5, 5.41) is 0. The molecule has 41 valence electrons. The first kappa shape index (κ1) is 5.16. The van der Waals surface area contributed by atoms with Crippen molar-refractivity contribution in [1.29, 1.82) is 0 Å². The Hall–Kier alpha value is -0.980. The van der Waals surface area contributed by atoms with Crippen molar-refractivity contribution >= 4 is 0 Å². The van der Waals surface area contributed by atoms with Gasteiger partial charge in [0.1, 0.15) is 0 Å². The van der Waals surface area contributed by atoms with Gasteiger partial charge in [0.25, 0.3) is 0 Å². The molecule has 0 aliphatic heterocycles. The topological polar surface area (TPSA) is 26.0 Å². The van der Waals surface area contributed by atoms with Crippen molar-refractivity contribution in [1.82, 2.24) is 0 Å². The first-order valence-corrected chi connectivity index (χ1v) is 2.58. The molecule has 0 heterocycles. The Labute approximate surface area is 49.2 Å². The minimum atomic E-state index is 0.924. The zero-order chi connectivity index (χ0) is 5.82. The van der Waals surface area contributed by atoms with Gasteiger partial charge in [-0.3, -0.25) is 0 Å². The number of allylic oxidation sites excluding steroid dienone is 5. The summed E-state index contributed by atoms with van der Waals surface area (Å²) in [5.41, 5.74) is 6.40. The third kappa shape index (κ3) is 0.997. The van der Waals surface area contributed by atoms with E-state index in [0.29, 0.717) is 0 Å². The molecule has 0 saturated carbocycles. The molecule has 8 heavy (non-hydrogen) atoms. The van der Waals surface area contributed by atoms with Crippen molar-refractivity contribution in [2.24, 2.45) is 5.73 Å². The van der Waals surface area contributed by atoms with Gasteiger partial charge in [0.05, 0.1) is 0 Å². The largest absolute Gasteiger partial charge is 0.404 e. The Morgan fingerprint density at radius 1 is 1.75 bits per heavy atom. The molecule has 0 aromatic carbocycles. The number of rotatable bonds is 0. The maximum Gasteiger partial charge on any atom is -0.00265 e. The fourth-order valence-corrected chi connectivity index (χ4v) is 0.592. The lowest BCUT2D eigenvalue weighted by Crippen LogP contribution is -1.86. The molecule has 0 fully saturated rings. The molecule has 1 nitrogen and oxygen atoms in total. The van der Waals surface area contributed by atoms with Gasteiger partial charge in [-0.05, 0) is 24.3 Å². The molecule has 0 aromatic rings. The van der Waals surface area contributed by atoms with Crippen molar-refractivity contribution in [3.05, 3.63) is 36.1 Å². The fraction of sp³-hybridized carbons (Fsp3) is 0.143. The Morgan fingerprint density at radius 3 is 3.00 bits per heavy atom. The summed E-state index contributed by atoms with van der Waals surface area (Å²) in [7, 11) is 0. The van der Waals surface area contributed by atoms with Crippen molar-refractivity contribution < 1.29 is 0 Å². The molecule has 0 bridgehead atoms. The Kier molecular flexibility index (Phi) is 1.52. The highest BCUT2D eigenvalue weighted by molar-refractivity contribution is 5.25. The van der Waals surface area contributed by atoms with Crippen molar-refractivity contribution in [3.63, 3.8) is 0 Å². The predicted octanol–water partition coefficient (Wildman–Crippen LogP) is 1.15. The molecule has 2 N–H and O–H groups in total. The summed E-state index contributed by atoms with van der Waals surface area (Å²) in [6.45, 7) is 0. The van der Waals surface area contributed by atoms with Crippen molar-refractivity contribution in [2.75, 3.05) is 0 Å². The van der Waals surface area contributed by atoms with Gasteiger partial charge >= 0.3 is 0 Å². The predicted molar refractivity (Wildman–Crippen MR) is 33.8 cm³/mol. The van der Waals surface area contributed by atoms with E-state index in [9.17, 15) is 0 Å². The maximum absolute atomic E-state index is 5.24. The van der Waals surface area contributed by atoms with Crippen LogP contribution in [0.2, 0.25) is 0 Å². The molecule has 0 unspecified atom stereocenters.